The molecule has 1 unspecified atom stereocenters. The molecule has 0 aliphatic heterocycles. The van der Waals surface area contributed by atoms with E-state index in [4.69, 9.17) is 9.47 Å². The molecular formula is C81H142O5. The summed E-state index contributed by atoms with van der Waals surface area (Å²) in [6.45, 7) is 3.96. The first-order valence-corrected chi connectivity index (χ1v) is 37.4. The van der Waals surface area contributed by atoms with Gasteiger partial charge in [-0.25, -0.2) is 0 Å². The van der Waals surface area contributed by atoms with Gasteiger partial charge in [-0.05, 0) is 96.3 Å². The van der Waals surface area contributed by atoms with Crippen LogP contribution in [0.3, 0.4) is 0 Å². The Kier molecular flexibility index (Phi) is 72.8. The summed E-state index contributed by atoms with van der Waals surface area (Å²) in [7, 11) is 0. The second kappa shape index (κ2) is 75.8. The van der Waals surface area contributed by atoms with E-state index >= 15 is 0 Å². The molecule has 0 aromatic heterocycles. The predicted octanol–water partition coefficient (Wildman–Crippen LogP) is 26.3. The predicted molar refractivity (Wildman–Crippen MR) is 380 cm³/mol. The Morgan fingerprint density at radius 1 is 0.267 bits per heavy atom. The molecule has 5 heteroatoms. The minimum atomic E-state index is -0.775. The summed E-state index contributed by atoms with van der Waals surface area (Å²) in [6, 6.07) is 0. The van der Waals surface area contributed by atoms with Crippen LogP contribution in [-0.4, -0.2) is 36.4 Å². The Balaban J connectivity index is 3.41. The maximum absolute atomic E-state index is 12.4. The fourth-order valence-corrected chi connectivity index (χ4v) is 11.1. The highest BCUT2D eigenvalue weighted by Crippen LogP contribution is 2.19. The number of hydrogen-bond donors (Lipinski definition) is 1. The zero-order valence-electron chi connectivity index (χ0n) is 57.1. The van der Waals surface area contributed by atoms with Crippen LogP contribution in [0.5, 0.6) is 0 Å². The van der Waals surface area contributed by atoms with E-state index in [0.717, 1.165) is 96.3 Å². The summed E-state index contributed by atoms with van der Waals surface area (Å²) in [5, 5.41) is 9.72. The highest BCUT2D eigenvalue weighted by Gasteiger charge is 2.16. The molecule has 0 amide bonds. The number of esters is 2. The third-order valence-electron chi connectivity index (χ3n) is 16.6. The first-order chi connectivity index (χ1) is 42.6. The van der Waals surface area contributed by atoms with Crippen LogP contribution >= 0.6 is 0 Å². The van der Waals surface area contributed by atoms with Crippen molar-refractivity contribution in [2.24, 2.45) is 0 Å². The number of ether oxygens (including phenoxy) is 2. The van der Waals surface area contributed by atoms with E-state index in [9.17, 15) is 14.7 Å². The van der Waals surface area contributed by atoms with Gasteiger partial charge in [-0.1, -0.05) is 374 Å². The Morgan fingerprint density at radius 3 is 0.698 bits per heavy atom. The molecule has 0 saturated heterocycles. The van der Waals surface area contributed by atoms with Crippen LogP contribution in [0.2, 0.25) is 0 Å². The van der Waals surface area contributed by atoms with E-state index in [-0.39, 0.29) is 25.2 Å². The van der Waals surface area contributed by atoms with Crippen LogP contribution < -0.4 is 0 Å². The van der Waals surface area contributed by atoms with Gasteiger partial charge in [-0.15, -0.1) is 0 Å². The van der Waals surface area contributed by atoms with Gasteiger partial charge in [0.15, 0.2) is 6.10 Å². The molecule has 0 aliphatic rings. The largest absolute Gasteiger partial charge is 0.462 e. The van der Waals surface area contributed by atoms with Gasteiger partial charge >= 0.3 is 11.9 Å². The van der Waals surface area contributed by atoms with Gasteiger partial charge in [-0.3, -0.25) is 9.59 Å². The zero-order chi connectivity index (χ0) is 61.9. The molecule has 0 aliphatic carbocycles. The molecule has 496 valence electrons. The van der Waals surface area contributed by atoms with Crippen LogP contribution in [0.15, 0.2) is 109 Å². The average molecular weight is 1200 g/mol. The fraction of sp³-hybridized carbons (Fsp3) is 0.753. The lowest BCUT2D eigenvalue weighted by Crippen LogP contribution is -2.28. The van der Waals surface area contributed by atoms with E-state index < -0.39 is 6.10 Å². The lowest BCUT2D eigenvalue weighted by atomic mass is 10.0. The van der Waals surface area contributed by atoms with Crippen LogP contribution in [0, 0.1) is 0 Å². The van der Waals surface area contributed by atoms with Gasteiger partial charge in [0.1, 0.15) is 6.61 Å². The Hall–Kier alpha value is -3.44. The third-order valence-corrected chi connectivity index (χ3v) is 16.6. The maximum Gasteiger partial charge on any atom is 0.306 e. The first kappa shape index (κ1) is 82.6. The Morgan fingerprint density at radius 2 is 0.465 bits per heavy atom. The van der Waals surface area contributed by atoms with Crippen LogP contribution in [0.25, 0.3) is 0 Å². The molecule has 1 N–H and O–H groups in total. The number of rotatable bonds is 69. The minimum Gasteiger partial charge on any atom is -0.462 e. The van der Waals surface area contributed by atoms with Crippen molar-refractivity contribution in [1.82, 2.24) is 0 Å². The monoisotopic (exact) mass is 1200 g/mol. The number of carbonyl (C=O) groups excluding carboxylic acids is 2. The van der Waals surface area contributed by atoms with Crippen LogP contribution in [-0.2, 0) is 19.1 Å². The molecule has 0 rings (SSSR count). The summed E-state index contributed by atoms with van der Waals surface area (Å²) in [6.07, 6.45) is 110. The molecular weight excluding hydrogens is 1050 g/mol. The number of hydrogen-bond acceptors (Lipinski definition) is 5. The molecule has 0 bridgehead atoms. The normalized spacial score (nSPS) is 12.8. The van der Waals surface area contributed by atoms with Crippen molar-refractivity contribution in [2.45, 2.75) is 380 Å². The van der Waals surface area contributed by atoms with E-state index in [1.54, 1.807) is 0 Å². The SMILES string of the molecule is CC/C=C\C/C=C\C/C=C\C/C=C\C/C=C\CCCCCCCCCCCCCCCCCCCCCCCC(=O)OC(CO)COC(=O)CCCCCCCCCCCCCCCCCCCCCCCC/C=C\C/C=C\C/C=C\C/C=C\CC. The number of carbonyl (C=O) groups is 2. The summed E-state index contributed by atoms with van der Waals surface area (Å²) in [5.41, 5.74) is 0. The van der Waals surface area contributed by atoms with E-state index in [0.29, 0.717) is 12.8 Å². The van der Waals surface area contributed by atoms with Crippen molar-refractivity contribution in [3.63, 3.8) is 0 Å². The number of allylic oxidation sites excluding steroid dienone is 18. The van der Waals surface area contributed by atoms with Gasteiger partial charge in [0.25, 0.3) is 0 Å². The summed E-state index contributed by atoms with van der Waals surface area (Å²) in [4.78, 5) is 24.7. The standard InChI is InChI=1S/C81H142O5/c1-3-5-7-9-11-13-15-17-19-21-23-25-27-29-31-33-35-37-39-40-42-44-46-48-50-52-54-56-58-60-62-64-66-68-70-72-74-76-81(84)86-79(77-82)78-85-80(83)75-73-71-69-67-65-63-61-59-57-55-53-51-49-47-45-43-41-38-36-34-32-30-28-26-24-22-20-18-16-14-12-10-8-6-4-2/h5-8,11-14,17-20,23-26,29,31,79,82H,3-4,9-10,15-16,21-22,27-28,30,32-78H2,1-2H3/b7-5-,8-6-,13-11-,14-12-,19-17-,20-18-,25-23-,26-24-,31-29-. The number of aliphatic hydroxyl groups excluding tert-OH is 1. The third kappa shape index (κ3) is 73.0. The van der Waals surface area contributed by atoms with Crippen molar-refractivity contribution in [2.75, 3.05) is 13.2 Å². The van der Waals surface area contributed by atoms with Crippen molar-refractivity contribution >= 4 is 11.9 Å². The van der Waals surface area contributed by atoms with Crippen molar-refractivity contribution in [3.05, 3.63) is 109 Å². The lowest BCUT2D eigenvalue weighted by Gasteiger charge is -2.15. The smallest absolute Gasteiger partial charge is 0.306 e. The Bertz CT molecular complexity index is 1640. The average Bonchev–Trinajstić information content (AvgIpc) is 3.53. The number of aliphatic hydroxyl groups is 1. The fourth-order valence-electron chi connectivity index (χ4n) is 11.1. The van der Waals surface area contributed by atoms with Crippen LogP contribution in [0.1, 0.15) is 373 Å². The summed E-state index contributed by atoms with van der Waals surface area (Å²) in [5.74, 6) is -0.572. The van der Waals surface area contributed by atoms with E-state index in [1.807, 2.05) is 0 Å². The molecule has 1 atom stereocenters. The molecule has 0 radical (unpaired) electrons. The van der Waals surface area contributed by atoms with E-state index in [2.05, 4.69) is 123 Å². The highest BCUT2D eigenvalue weighted by molar-refractivity contribution is 5.70. The Labute approximate surface area is 535 Å². The summed E-state index contributed by atoms with van der Waals surface area (Å²) < 4.78 is 10.8. The molecule has 0 aromatic carbocycles. The van der Waals surface area contributed by atoms with Crippen molar-refractivity contribution in [1.29, 1.82) is 0 Å². The molecule has 0 fully saturated rings. The van der Waals surface area contributed by atoms with Crippen LogP contribution in [0.4, 0.5) is 0 Å². The highest BCUT2D eigenvalue weighted by atomic mass is 16.6. The quantitative estimate of drug-likeness (QED) is 0.0373. The molecule has 0 saturated carbocycles. The van der Waals surface area contributed by atoms with Crippen molar-refractivity contribution in [3.8, 4) is 0 Å². The lowest BCUT2D eigenvalue weighted by molar-refractivity contribution is -0.161. The molecule has 86 heavy (non-hydrogen) atoms. The molecule has 0 spiro atoms. The molecule has 5 nitrogen and oxygen atoms in total. The second-order valence-electron chi connectivity index (χ2n) is 25.0. The van der Waals surface area contributed by atoms with Gasteiger partial charge in [0, 0.05) is 12.8 Å². The minimum absolute atomic E-state index is 0.0633. The molecule has 0 heterocycles. The second-order valence-corrected chi connectivity index (χ2v) is 25.0. The zero-order valence-corrected chi connectivity index (χ0v) is 57.1. The van der Waals surface area contributed by atoms with E-state index in [1.165, 1.54) is 250 Å². The maximum atomic E-state index is 12.4. The topological polar surface area (TPSA) is 72.8 Å². The summed E-state index contributed by atoms with van der Waals surface area (Å²) >= 11 is 0. The van der Waals surface area contributed by atoms with Gasteiger partial charge in [0.05, 0.1) is 6.61 Å². The van der Waals surface area contributed by atoms with Crippen molar-refractivity contribution < 1.29 is 24.2 Å². The van der Waals surface area contributed by atoms with Gasteiger partial charge in [-0.2, -0.15) is 0 Å². The van der Waals surface area contributed by atoms with Gasteiger partial charge in [0.2, 0.25) is 0 Å². The van der Waals surface area contributed by atoms with Gasteiger partial charge < -0.3 is 14.6 Å². The first-order valence-electron chi connectivity index (χ1n) is 37.4. The number of unbranched alkanes of at least 4 members (excludes halogenated alkanes) is 43. The molecule has 0 aromatic rings.